The van der Waals surface area contributed by atoms with Crippen LogP contribution in [-0.2, 0) is 6.54 Å². The molecule has 0 aliphatic heterocycles. The van der Waals surface area contributed by atoms with Gasteiger partial charge in [-0.05, 0) is 30.4 Å². The standard InChI is InChI=1S/C15H22N2/c1-3-4-6-12(2)17-11-14-8-5-7-13-9-10-16-15(13)14/h5,7-10,12,16-17H,3-4,6,11H2,1-2H3. The van der Waals surface area contributed by atoms with E-state index in [2.05, 4.69) is 48.4 Å². The van der Waals surface area contributed by atoms with E-state index in [1.54, 1.807) is 0 Å². The molecule has 1 atom stereocenters. The van der Waals surface area contributed by atoms with Gasteiger partial charge in [-0.25, -0.2) is 0 Å². The second-order valence-corrected chi connectivity index (χ2v) is 4.78. The lowest BCUT2D eigenvalue weighted by Crippen LogP contribution is -2.25. The molecule has 2 rings (SSSR count). The van der Waals surface area contributed by atoms with Crippen LogP contribution >= 0.6 is 0 Å². The number of H-pyrrole nitrogens is 1. The van der Waals surface area contributed by atoms with Gasteiger partial charge < -0.3 is 10.3 Å². The van der Waals surface area contributed by atoms with Crippen molar-refractivity contribution >= 4 is 10.9 Å². The summed E-state index contributed by atoms with van der Waals surface area (Å²) in [5.41, 5.74) is 2.62. The van der Waals surface area contributed by atoms with Crippen molar-refractivity contribution < 1.29 is 0 Å². The van der Waals surface area contributed by atoms with E-state index >= 15 is 0 Å². The summed E-state index contributed by atoms with van der Waals surface area (Å²) in [6.07, 6.45) is 5.85. The SMILES string of the molecule is CCCCC(C)NCc1cccc2cc[nH]c12. The fraction of sp³-hybridized carbons (Fsp3) is 0.467. The van der Waals surface area contributed by atoms with Gasteiger partial charge in [0.1, 0.15) is 0 Å². The van der Waals surface area contributed by atoms with Gasteiger partial charge in [-0.1, -0.05) is 38.0 Å². The third-order valence-electron chi connectivity index (χ3n) is 3.31. The molecule has 0 amide bonds. The van der Waals surface area contributed by atoms with Crippen LogP contribution in [0.5, 0.6) is 0 Å². The minimum Gasteiger partial charge on any atom is -0.361 e. The third-order valence-corrected chi connectivity index (χ3v) is 3.31. The highest BCUT2D eigenvalue weighted by Gasteiger charge is 2.04. The molecule has 0 radical (unpaired) electrons. The second kappa shape index (κ2) is 5.87. The van der Waals surface area contributed by atoms with Gasteiger partial charge in [-0.3, -0.25) is 0 Å². The number of benzene rings is 1. The Hall–Kier alpha value is -1.28. The average molecular weight is 230 g/mol. The maximum atomic E-state index is 3.60. The summed E-state index contributed by atoms with van der Waals surface area (Å²) in [5.74, 6) is 0. The number of fused-ring (bicyclic) bond motifs is 1. The van der Waals surface area contributed by atoms with Crippen molar-refractivity contribution in [2.75, 3.05) is 0 Å². The molecule has 0 aliphatic rings. The van der Waals surface area contributed by atoms with Crippen molar-refractivity contribution in [2.24, 2.45) is 0 Å². The highest BCUT2D eigenvalue weighted by Crippen LogP contribution is 2.16. The van der Waals surface area contributed by atoms with Gasteiger partial charge in [0.05, 0.1) is 0 Å². The molecule has 0 fully saturated rings. The quantitative estimate of drug-likeness (QED) is 0.775. The Balaban J connectivity index is 1.96. The minimum atomic E-state index is 0.597. The van der Waals surface area contributed by atoms with Gasteiger partial charge in [0.15, 0.2) is 0 Å². The number of para-hydroxylation sites is 1. The fourth-order valence-electron chi connectivity index (χ4n) is 2.19. The number of aromatic nitrogens is 1. The lowest BCUT2D eigenvalue weighted by molar-refractivity contribution is 0.495. The number of hydrogen-bond acceptors (Lipinski definition) is 1. The number of unbranched alkanes of at least 4 members (excludes halogenated alkanes) is 1. The first-order chi connectivity index (χ1) is 8.31. The van der Waals surface area contributed by atoms with Crippen LogP contribution in [0.4, 0.5) is 0 Å². The molecule has 1 heterocycles. The minimum absolute atomic E-state index is 0.597. The first-order valence-corrected chi connectivity index (χ1v) is 6.59. The molecule has 1 unspecified atom stereocenters. The topological polar surface area (TPSA) is 27.8 Å². The van der Waals surface area contributed by atoms with Crippen LogP contribution in [0.15, 0.2) is 30.5 Å². The van der Waals surface area contributed by atoms with Crippen LogP contribution in [0.25, 0.3) is 10.9 Å². The third kappa shape index (κ3) is 3.10. The maximum Gasteiger partial charge on any atom is 0.0499 e. The molecule has 0 saturated carbocycles. The number of hydrogen-bond donors (Lipinski definition) is 2. The Morgan fingerprint density at radius 3 is 3.00 bits per heavy atom. The van der Waals surface area contributed by atoms with Crippen molar-refractivity contribution in [2.45, 2.75) is 45.7 Å². The molecule has 0 bridgehead atoms. The summed E-state index contributed by atoms with van der Waals surface area (Å²) in [7, 11) is 0. The van der Waals surface area contributed by atoms with E-state index in [9.17, 15) is 0 Å². The van der Waals surface area contributed by atoms with Crippen LogP contribution in [0.3, 0.4) is 0 Å². The van der Waals surface area contributed by atoms with Crippen LogP contribution in [0, 0.1) is 0 Å². The van der Waals surface area contributed by atoms with Gasteiger partial charge in [0.2, 0.25) is 0 Å². The van der Waals surface area contributed by atoms with Crippen LogP contribution in [0.2, 0.25) is 0 Å². The molecule has 2 heteroatoms. The zero-order valence-corrected chi connectivity index (χ0v) is 10.8. The molecule has 1 aromatic heterocycles. The lowest BCUT2D eigenvalue weighted by atomic mass is 10.1. The molecule has 17 heavy (non-hydrogen) atoms. The lowest BCUT2D eigenvalue weighted by Gasteiger charge is -2.13. The highest BCUT2D eigenvalue weighted by molar-refractivity contribution is 5.82. The van der Waals surface area contributed by atoms with Crippen molar-refractivity contribution in [1.29, 1.82) is 0 Å². The van der Waals surface area contributed by atoms with Crippen molar-refractivity contribution in [1.82, 2.24) is 10.3 Å². The van der Waals surface area contributed by atoms with E-state index in [-0.39, 0.29) is 0 Å². The van der Waals surface area contributed by atoms with E-state index in [1.165, 1.54) is 35.7 Å². The Morgan fingerprint density at radius 2 is 2.18 bits per heavy atom. The van der Waals surface area contributed by atoms with E-state index in [0.29, 0.717) is 6.04 Å². The molecular formula is C15H22N2. The predicted octanol–water partition coefficient (Wildman–Crippen LogP) is 3.84. The monoisotopic (exact) mass is 230 g/mol. The summed E-state index contributed by atoms with van der Waals surface area (Å²) in [6, 6.07) is 9.19. The molecule has 92 valence electrons. The molecule has 2 nitrogen and oxygen atoms in total. The Bertz CT molecular complexity index is 459. The average Bonchev–Trinajstić information content (AvgIpc) is 2.82. The molecule has 1 aromatic carbocycles. The summed E-state index contributed by atoms with van der Waals surface area (Å²) < 4.78 is 0. The Morgan fingerprint density at radius 1 is 1.29 bits per heavy atom. The smallest absolute Gasteiger partial charge is 0.0499 e. The summed E-state index contributed by atoms with van der Waals surface area (Å²) >= 11 is 0. The molecule has 2 aromatic rings. The molecule has 0 aliphatic carbocycles. The fourth-order valence-corrected chi connectivity index (χ4v) is 2.19. The highest BCUT2D eigenvalue weighted by atomic mass is 14.9. The first-order valence-electron chi connectivity index (χ1n) is 6.59. The van der Waals surface area contributed by atoms with E-state index in [0.717, 1.165) is 6.54 Å². The van der Waals surface area contributed by atoms with Gasteiger partial charge >= 0.3 is 0 Å². The Labute approximate surface area is 103 Å². The van der Waals surface area contributed by atoms with E-state index < -0.39 is 0 Å². The summed E-state index contributed by atoms with van der Waals surface area (Å²) in [6.45, 7) is 5.46. The molecule has 0 spiro atoms. The van der Waals surface area contributed by atoms with E-state index in [4.69, 9.17) is 0 Å². The van der Waals surface area contributed by atoms with Gasteiger partial charge in [-0.2, -0.15) is 0 Å². The van der Waals surface area contributed by atoms with Crippen molar-refractivity contribution in [3.63, 3.8) is 0 Å². The summed E-state index contributed by atoms with van der Waals surface area (Å²) in [5, 5.41) is 4.89. The predicted molar refractivity (Wildman–Crippen MR) is 74.1 cm³/mol. The van der Waals surface area contributed by atoms with Crippen LogP contribution in [-0.4, -0.2) is 11.0 Å². The van der Waals surface area contributed by atoms with Gasteiger partial charge in [0, 0.05) is 24.3 Å². The summed E-state index contributed by atoms with van der Waals surface area (Å²) in [4.78, 5) is 3.32. The van der Waals surface area contributed by atoms with Crippen molar-refractivity contribution in [3.8, 4) is 0 Å². The number of rotatable bonds is 6. The second-order valence-electron chi connectivity index (χ2n) is 4.78. The van der Waals surface area contributed by atoms with Crippen molar-refractivity contribution in [3.05, 3.63) is 36.0 Å². The zero-order chi connectivity index (χ0) is 12.1. The van der Waals surface area contributed by atoms with Crippen LogP contribution < -0.4 is 5.32 Å². The molecular weight excluding hydrogens is 208 g/mol. The zero-order valence-electron chi connectivity index (χ0n) is 10.8. The normalized spacial score (nSPS) is 13.1. The Kier molecular flexibility index (Phi) is 4.21. The first kappa shape index (κ1) is 12.2. The number of nitrogens with one attached hydrogen (secondary N) is 2. The maximum absolute atomic E-state index is 3.60. The molecule has 0 saturated heterocycles. The van der Waals surface area contributed by atoms with E-state index in [1.807, 2.05) is 6.20 Å². The molecule has 2 N–H and O–H groups in total. The largest absolute Gasteiger partial charge is 0.361 e. The number of aromatic amines is 1. The van der Waals surface area contributed by atoms with Crippen LogP contribution in [0.1, 0.15) is 38.7 Å². The van der Waals surface area contributed by atoms with Gasteiger partial charge in [0.25, 0.3) is 0 Å². The van der Waals surface area contributed by atoms with Gasteiger partial charge in [-0.15, -0.1) is 0 Å².